The molecular weight excluding hydrogens is 370 g/mol. The molecule has 3 rings (SSSR count). The van der Waals surface area contributed by atoms with Gasteiger partial charge in [-0.1, -0.05) is 76.7 Å². The minimum absolute atomic E-state index is 0.115. The summed E-state index contributed by atoms with van der Waals surface area (Å²) in [4.78, 5) is 17.8. The topological polar surface area (TPSA) is 68.0 Å². The Hall–Kier alpha value is -1.84. The van der Waals surface area contributed by atoms with Crippen LogP contribution in [0.5, 0.6) is 0 Å². The maximum Gasteiger partial charge on any atom is 0.227 e. The smallest absolute Gasteiger partial charge is 0.227 e. The van der Waals surface area contributed by atoms with Crippen molar-refractivity contribution in [3.8, 4) is 0 Å². The van der Waals surface area contributed by atoms with Gasteiger partial charge in [-0.2, -0.15) is 0 Å². The monoisotopic (exact) mass is 411 g/mol. The molecule has 0 unspecified atom stereocenters. The average Bonchev–Trinajstić information content (AvgIpc) is 2.85. The van der Waals surface area contributed by atoms with Crippen LogP contribution in [0.15, 0.2) is 12.3 Å². The Labute approximate surface area is 183 Å². The van der Waals surface area contributed by atoms with Gasteiger partial charge < -0.3 is 11.1 Å². The molecule has 0 aliphatic heterocycles. The van der Waals surface area contributed by atoms with Crippen molar-refractivity contribution in [2.75, 3.05) is 11.1 Å². The molecule has 166 valence electrons. The predicted molar refractivity (Wildman–Crippen MR) is 127 cm³/mol. The van der Waals surface area contributed by atoms with E-state index in [-0.39, 0.29) is 11.8 Å². The molecule has 2 aliphatic rings. The van der Waals surface area contributed by atoms with Crippen molar-refractivity contribution in [1.82, 2.24) is 4.98 Å². The molecule has 2 fully saturated rings. The highest BCUT2D eigenvalue weighted by Crippen LogP contribution is 2.40. The van der Waals surface area contributed by atoms with Crippen molar-refractivity contribution in [2.24, 2.45) is 5.92 Å². The van der Waals surface area contributed by atoms with Crippen molar-refractivity contribution >= 4 is 23.4 Å². The lowest BCUT2D eigenvalue weighted by atomic mass is 9.84. The molecule has 30 heavy (non-hydrogen) atoms. The molecule has 0 aromatic carbocycles. The van der Waals surface area contributed by atoms with Gasteiger partial charge in [-0.25, -0.2) is 0 Å². The van der Waals surface area contributed by atoms with Crippen LogP contribution in [0.1, 0.15) is 120 Å². The van der Waals surface area contributed by atoms with Gasteiger partial charge in [0.2, 0.25) is 5.91 Å². The Balaban J connectivity index is 1.84. The van der Waals surface area contributed by atoms with E-state index in [0.717, 1.165) is 61.2 Å². The number of nitrogen functional groups attached to an aromatic ring is 1. The Morgan fingerprint density at radius 1 is 0.933 bits per heavy atom. The molecule has 1 heterocycles. The quantitative estimate of drug-likeness (QED) is 0.550. The largest absolute Gasteiger partial charge is 0.397 e. The molecule has 2 aliphatic carbocycles. The first kappa shape index (κ1) is 22.8. The molecule has 0 saturated heterocycles. The Morgan fingerprint density at radius 3 is 2.03 bits per heavy atom. The van der Waals surface area contributed by atoms with Crippen molar-refractivity contribution in [1.29, 1.82) is 0 Å². The molecular formula is C26H41N3O. The number of nitrogens with one attached hydrogen (secondary N) is 1. The van der Waals surface area contributed by atoms with Crippen molar-refractivity contribution in [2.45, 2.75) is 109 Å². The number of hydrogen-bond donors (Lipinski definition) is 2. The molecule has 2 saturated carbocycles. The standard InChI is InChI=1S/C26H41N3O/c1-2-14-22-25(27)24(20-15-10-8-5-9-11-16-20)23(19-28-22)29-26(30)21-17-12-6-3-4-7-13-18-21/h2,14,19-21H,3-13,15-18,27H2,1H3,(H,29,30)/b14-2-. The van der Waals surface area contributed by atoms with Gasteiger partial charge >= 0.3 is 0 Å². The number of rotatable bonds is 4. The second-order valence-electron chi connectivity index (χ2n) is 9.31. The molecule has 1 aromatic heterocycles. The van der Waals surface area contributed by atoms with Crippen LogP contribution in [0.4, 0.5) is 11.4 Å². The number of hydrogen-bond acceptors (Lipinski definition) is 3. The van der Waals surface area contributed by atoms with Gasteiger partial charge in [0.1, 0.15) is 0 Å². The van der Waals surface area contributed by atoms with Crippen LogP contribution in [0.25, 0.3) is 6.08 Å². The Kier molecular flexibility index (Phi) is 9.23. The molecule has 0 spiro atoms. The van der Waals surface area contributed by atoms with E-state index in [4.69, 9.17) is 5.73 Å². The van der Waals surface area contributed by atoms with Gasteiger partial charge in [-0.3, -0.25) is 9.78 Å². The molecule has 3 N–H and O–H groups in total. The van der Waals surface area contributed by atoms with Crippen LogP contribution in [0.3, 0.4) is 0 Å². The van der Waals surface area contributed by atoms with Crippen LogP contribution in [0.2, 0.25) is 0 Å². The van der Waals surface area contributed by atoms with E-state index in [0.29, 0.717) is 5.92 Å². The normalized spacial score (nSPS) is 20.7. The maximum absolute atomic E-state index is 13.2. The summed E-state index contributed by atoms with van der Waals surface area (Å²) < 4.78 is 0. The van der Waals surface area contributed by atoms with Gasteiger partial charge in [0, 0.05) is 11.5 Å². The third-order valence-electron chi connectivity index (χ3n) is 7.01. The molecule has 0 atom stereocenters. The number of carbonyl (C=O) groups is 1. The number of aromatic nitrogens is 1. The summed E-state index contributed by atoms with van der Waals surface area (Å²) in [6, 6.07) is 0. The summed E-state index contributed by atoms with van der Waals surface area (Å²) >= 11 is 0. The summed E-state index contributed by atoms with van der Waals surface area (Å²) in [7, 11) is 0. The molecule has 4 heteroatoms. The summed E-state index contributed by atoms with van der Waals surface area (Å²) in [5.74, 6) is 0.696. The Morgan fingerprint density at radius 2 is 1.47 bits per heavy atom. The number of nitrogens with zero attached hydrogens (tertiary/aromatic N) is 1. The van der Waals surface area contributed by atoms with E-state index >= 15 is 0 Å². The maximum atomic E-state index is 13.2. The lowest BCUT2D eigenvalue weighted by Gasteiger charge is -2.26. The van der Waals surface area contributed by atoms with E-state index in [1.807, 2.05) is 25.3 Å². The minimum atomic E-state index is 0.115. The fraction of sp³-hybridized carbons (Fsp3) is 0.692. The van der Waals surface area contributed by atoms with Gasteiger partial charge in [0.05, 0.1) is 23.3 Å². The van der Waals surface area contributed by atoms with Crippen LogP contribution in [0, 0.1) is 5.92 Å². The fourth-order valence-corrected chi connectivity index (χ4v) is 5.26. The third kappa shape index (κ3) is 6.33. The van der Waals surface area contributed by atoms with E-state index in [2.05, 4.69) is 10.3 Å². The van der Waals surface area contributed by atoms with E-state index in [1.165, 1.54) is 57.8 Å². The molecule has 0 radical (unpaired) electrons. The highest BCUT2D eigenvalue weighted by molar-refractivity contribution is 5.94. The Bertz CT molecular complexity index is 694. The van der Waals surface area contributed by atoms with Gasteiger partial charge in [0.25, 0.3) is 0 Å². The fourth-order valence-electron chi connectivity index (χ4n) is 5.26. The van der Waals surface area contributed by atoms with Crippen LogP contribution in [-0.2, 0) is 4.79 Å². The first-order valence-electron chi connectivity index (χ1n) is 12.4. The van der Waals surface area contributed by atoms with Crippen LogP contribution in [-0.4, -0.2) is 10.9 Å². The lowest BCUT2D eigenvalue weighted by molar-refractivity contribution is -0.120. The number of carbonyl (C=O) groups excluding carboxylic acids is 1. The summed E-state index contributed by atoms with van der Waals surface area (Å²) in [5.41, 5.74) is 10.2. The molecule has 1 aromatic rings. The van der Waals surface area contributed by atoms with Gasteiger partial charge in [-0.15, -0.1) is 0 Å². The average molecular weight is 412 g/mol. The number of anilines is 2. The zero-order chi connectivity index (χ0) is 21.2. The number of pyridine rings is 1. The van der Waals surface area contributed by atoms with Gasteiger partial charge in [0.15, 0.2) is 0 Å². The highest BCUT2D eigenvalue weighted by atomic mass is 16.1. The van der Waals surface area contributed by atoms with E-state index in [1.54, 1.807) is 0 Å². The third-order valence-corrected chi connectivity index (χ3v) is 7.01. The van der Waals surface area contributed by atoms with Crippen molar-refractivity contribution < 1.29 is 4.79 Å². The van der Waals surface area contributed by atoms with E-state index in [9.17, 15) is 4.79 Å². The zero-order valence-electron chi connectivity index (χ0n) is 18.9. The molecule has 4 nitrogen and oxygen atoms in total. The second-order valence-corrected chi connectivity index (χ2v) is 9.31. The second kappa shape index (κ2) is 12.1. The van der Waals surface area contributed by atoms with Crippen molar-refractivity contribution in [3.63, 3.8) is 0 Å². The molecule has 0 bridgehead atoms. The SMILES string of the molecule is C/C=C\c1ncc(NC(=O)C2CCCCCCCC2)c(C2CCCCCCC2)c1N. The van der Waals surface area contributed by atoms with Crippen molar-refractivity contribution in [3.05, 3.63) is 23.5 Å². The summed E-state index contributed by atoms with van der Waals surface area (Å²) in [5, 5.41) is 3.29. The van der Waals surface area contributed by atoms with Crippen LogP contribution < -0.4 is 11.1 Å². The lowest BCUT2D eigenvalue weighted by Crippen LogP contribution is -2.24. The number of nitrogens with two attached hydrogens (primary N) is 1. The first-order valence-corrected chi connectivity index (χ1v) is 12.4. The first-order chi connectivity index (χ1) is 14.7. The number of amides is 1. The summed E-state index contributed by atoms with van der Waals surface area (Å²) in [6.45, 7) is 1.99. The summed E-state index contributed by atoms with van der Waals surface area (Å²) in [6.07, 6.45) is 24.0. The predicted octanol–water partition coefficient (Wildman–Crippen LogP) is 7.21. The van der Waals surface area contributed by atoms with Gasteiger partial charge in [-0.05, 0) is 44.6 Å². The minimum Gasteiger partial charge on any atom is -0.397 e. The van der Waals surface area contributed by atoms with E-state index < -0.39 is 0 Å². The number of allylic oxidation sites excluding steroid dienone is 1. The highest BCUT2D eigenvalue weighted by Gasteiger charge is 2.25. The zero-order valence-corrected chi connectivity index (χ0v) is 18.9. The molecule has 1 amide bonds. The van der Waals surface area contributed by atoms with Crippen LogP contribution >= 0.6 is 0 Å².